The van der Waals surface area contributed by atoms with E-state index in [0.717, 1.165) is 18.2 Å². The molecule has 2 rings (SSSR count). The molecule has 1 amide bonds. The molecule has 0 aliphatic rings. The monoisotopic (exact) mass is 370 g/mol. The lowest BCUT2D eigenvalue weighted by atomic mass is 10.2. The van der Waals surface area contributed by atoms with Gasteiger partial charge < -0.3 is 10.1 Å². The second-order valence-corrected chi connectivity index (χ2v) is 6.67. The van der Waals surface area contributed by atoms with E-state index in [1.807, 2.05) is 4.72 Å². The summed E-state index contributed by atoms with van der Waals surface area (Å²) in [6.07, 6.45) is 0. The number of hydrogen-bond donors (Lipinski definition) is 2. The molecule has 0 radical (unpaired) electrons. The first-order valence-corrected chi connectivity index (χ1v) is 8.65. The van der Waals surface area contributed by atoms with Crippen LogP contribution in [0.2, 0.25) is 0 Å². The van der Waals surface area contributed by atoms with Gasteiger partial charge in [-0.2, -0.15) is 0 Å². The Kier molecular flexibility index (Phi) is 6.05. The van der Waals surface area contributed by atoms with Crippen LogP contribution in [0.4, 0.5) is 8.78 Å². The average Bonchev–Trinajstić information content (AvgIpc) is 2.58. The van der Waals surface area contributed by atoms with Crippen molar-refractivity contribution in [2.24, 2.45) is 0 Å². The quantitative estimate of drug-likeness (QED) is 0.775. The Hall–Kier alpha value is -2.52. The molecule has 2 N–H and O–H groups in total. The van der Waals surface area contributed by atoms with Gasteiger partial charge in [-0.3, -0.25) is 4.79 Å². The van der Waals surface area contributed by atoms with Crippen molar-refractivity contribution >= 4 is 15.9 Å². The van der Waals surface area contributed by atoms with Gasteiger partial charge in [-0.15, -0.1) is 0 Å². The van der Waals surface area contributed by atoms with E-state index in [0.29, 0.717) is 11.3 Å². The Morgan fingerprint density at radius 1 is 1.08 bits per heavy atom. The van der Waals surface area contributed by atoms with Crippen LogP contribution in [0.3, 0.4) is 0 Å². The molecule has 0 heterocycles. The van der Waals surface area contributed by atoms with Gasteiger partial charge in [0.25, 0.3) is 0 Å². The van der Waals surface area contributed by atoms with E-state index in [2.05, 4.69) is 5.32 Å². The zero-order chi connectivity index (χ0) is 18.4. The fourth-order valence-electron chi connectivity index (χ4n) is 2.08. The molecule has 0 aliphatic carbocycles. The molecule has 6 nitrogen and oxygen atoms in total. The van der Waals surface area contributed by atoms with Gasteiger partial charge in [0, 0.05) is 12.1 Å². The molecule has 0 aromatic heterocycles. The number of carbonyl (C=O) groups is 1. The predicted octanol–water partition coefficient (Wildman–Crippen LogP) is 1.57. The number of carbonyl (C=O) groups excluding carboxylic acids is 1. The van der Waals surface area contributed by atoms with Gasteiger partial charge >= 0.3 is 0 Å². The first-order chi connectivity index (χ1) is 11.8. The number of ether oxygens (including phenoxy) is 1. The van der Waals surface area contributed by atoms with Crippen molar-refractivity contribution in [1.82, 2.24) is 10.0 Å². The average molecular weight is 370 g/mol. The third-order valence-electron chi connectivity index (χ3n) is 3.28. The highest BCUT2D eigenvalue weighted by Gasteiger charge is 2.24. The molecule has 0 saturated carbocycles. The predicted molar refractivity (Wildman–Crippen MR) is 86.4 cm³/mol. The van der Waals surface area contributed by atoms with Crippen LogP contribution in [0, 0.1) is 11.6 Å². The second-order valence-electron chi connectivity index (χ2n) is 4.96. The van der Waals surface area contributed by atoms with E-state index in [1.54, 1.807) is 24.3 Å². The molecule has 0 aliphatic heterocycles. The van der Waals surface area contributed by atoms with Crippen LogP contribution in [0.1, 0.15) is 5.56 Å². The molecule has 0 fully saturated rings. The highest BCUT2D eigenvalue weighted by atomic mass is 32.2. The van der Waals surface area contributed by atoms with Crippen molar-refractivity contribution < 1.29 is 26.7 Å². The van der Waals surface area contributed by atoms with Crippen molar-refractivity contribution in [2.45, 2.75) is 11.4 Å². The molecule has 0 unspecified atom stereocenters. The molecule has 9 heteroatoms. The summed E-state index contributed by atoms with van der Waals surface area (Å²) in [5.74, 6) is -2.56. The van der Waals surface area contributed by atoms with Gasteiger partial charge in [0.05, 0.1) is 13.7 Å². The van der Waals surface area contributed by atoms with Crippen LogP contribution >= 0.6 is 0 Å². The number of halogens is 2. The fraction of sp³-hybridized carbons (Fsp3) is 0.188. The van der Waals surface area contributed by atoms with Crippen molar-refractivity contribution in [2.75, 3.05) is 13.7 Å². The number of hydrogen-bond acceptors (Lipinski definition) is 4. The van der Waals surface area contributed by atoms with Crippen molar-refractivity contribution in [3.63, 3.8) is 0 Å². The van der Waals surface area contributed by atoms with E-state index in [1.165, 1.54) is 7.11 Å². The maximum atomic E-state index is 13.5. The zero-order valence-corrected chi connectivity index (χ0v) is 14.1. The normalized spacial score (nSPS) is 11.2. The smallest absolute Gasteiger partial charge is 0.246 e. The van der Waals surface area contributed by atoms with E-state index >= 15 is 0 Å². The summed E-state index contributed by atoms with van der Waals surface area (Å²) < 4.78 is 58.0. The first-order valence-electron chi connectivity index (χ1n) is 7.17. The number of rotatable bonds is 7. The van der Waals surface area contributed by atoms with Crippen LogP contribution < -0.4 is 14.8 Å². The van der Waals surface area contributed by atoms with Gasteiger partial charge in [0.1, 0.15) is 17.4 Å². The summed E-state index contributed by atoms with van der Waals surface area (Å²) in [6.45, 7) is -0.552. The Morgan fingerprint density at radius 2 is 1.72 bits per heavy atom. The number of amides is 1. The van der Waals surface area contributed by atoms with Crippen LogP contribution in [-0.2, 0) is 21.4 Å². The van der Waals surface area contributed by atoms with E-state index < -0.39 is 39.0 Å². The minimum Gasteiger partial charge on any atom is -0.496 e. The Labute approximate surface area is 143 Å². The van der Waals surface area contributed by atoms with E-state index in [4.69, 9.17) is 4.74 Å². The lowest BCUT2D eigenvalue weighted by Gasteiger charge is -2.11. The molecular formula is C16H16F2N2O4S. The fourth-order valence-corrected chi connectivity index (χ4v) is 3.19. The summed E-state index contributed by atoms with van der Waals surface area (Å²) in [5, 5.41) is 2.49. The summed E-state index contributed by atoms with van der Waals surface area (Å²) in [7, 11) is -3.01. The minimum absolute atomic E-state index is 0.110. The van der Waals surface area contributed by atoms with Crippen molar-refractivity contribution in [1.29, 1.82) is 0 Å². The largest absolute Gasteiger partial charge is 0.496 e. The number of para-hydroxylation sites is 1. The third kappa shape index (κ3) is 4.74. The molecule has 0 bridgehead atoms. The molecule has 2 aromatic rings. The molecule has 134 valence electrons. The van der Waals surface area contributed by atoms with Crippen LogP contribution in [0.15, 0.2) is 47.4 Å². The molecule has 2 aromatic carbocycles. The zero-order valence-electron chi connectivity index (χ0n) is 13.3. The van der Waals surface area contributed by atoms with Gasteiger partial charge in [-0.25, -0.2) is 21.9 Å². The van der Waals surface area contributed by atoms with Crippen LogP contribution in [0.5, 0.6) is 5.75 Å². The van der Waals surface area contributed by atoms with Crippen molar-refractivity contribution in [3.05, 3.63) is 59.7 Å². The lowest BCUT2D eigenvalue weighted by Crippen LogP contribution is -2.37. The first kappa shape index (κ1) is 18.8. The summed E-state index contributed by atoms with van der Waals surface area (Å²) in [4.78, 5) is 10.7. The number of nitrogens with one attached hydrogen (secondary N) is 2. The van der Waals surface area contributed by atoms with E-state index in [9.17, 15) is 22.0 Å². The highest BCUT2D eigenvalue weighted by molar-refractivity contribution is 7.89. The summed E-state index contributed by atoms with van der Waals surface area (Å²) >= 11 is 0. The summed E-state index contributed by atoms with van der Waals surface area (Å²) in [5.41, 5.74) is 0.696. The highest BCUT2D eigenvalue weighted by Crippen LogP contribution is 2.18. The molecular weight excluding hydrogens is 354 g/mol. The van der Waals surface area contributed by atoms with Crippen LogP contribution in [-0.4, -0.2) is 28.0 Å². The number of sulfonamides is 1. The molecule has 0 atom stereocenters. The van der Waals surface area contributed by atoms with Gasteiger partial charge in [-0.1, -0.05) is 24.3 Å². The van der Waals surface area contributed by atoms with Gasteiger partial charge in [-0.05, 0) is 18.2 Å². The maximum Gasteiger partial charge on any atom is 0.246 e. The third-order valence-corrected chi connectivity index (χ3v) is 4.73. The molecule has 25 heavy (non-hydrogen) atoms. The second kappa shape index (κ2) is 8.04. The van der Waals surface area contributed by atoms with Crippen molar-refractivity contribution in [3.8, 4) is 5.75 Å². The number of benzene rings is 2. The Morgan fingerprint density at radius 3 is 2.36 bits per heavy atom. The molecule has 0 spiro atoms. The lowest BCUT2D eigenvalue weighted by molar-refractivity contribution is -0.120. The Bertz CT molecular complexity index is 852. The van der Waals surface area contributed by atoms with Gasteiger partial charge in [0.2, 0.25) is 15.9 Å². The SMILES string of the molecule is COc1ccccc1CNC(=O)CNS(=O)(=O)c1c(F)cccc1F. The Balaban J connectivity index is 1.98. The van der Waals surface area contributed by atoms with Gasteiger partial charge in [0.15, 0.2) is 4.90 Å². The summed E-state index contributed by atoms with van der Waals surface area (Å²) in [6, 6.07) is 9.65. The topological polar surface area (TPSA) is 84.5 Å². The number of methoxy groups -OCH3 is 1. The standard InChI is InChI=1S/C16H16F2N2O4S/c1-24-14-8-3-2-5-11(14)9-19-15(21)10-20-25(22,23)16-12(17)6-4-7-13(16)18/h2-8,20H,9-10H2,1H3,(H,19,21). The molecule has 0 saturated heterocycles. The van der Waals surface area contributed by atoms with E-state index in [-0.39, 0.29) is 6.54 Å². The van der Waals surface area contributed by atoms with Crippen LogP contribution in [0.25, 0.3) is 0 Å². The maximum absolute atomic E-state index is 13.5. The minimum atomic E-state index is -4.50.